The van der Waals surface area contributed by atoms with Gasteiger partial charge in [0.05, 0.1) is 6.10 Å². The van der Waals surface area contributed by atoms with Crippen molar-refractivity contribution in [1.82, 2.24) is 4.98 Å². The van der Waals surface area contributed by atoms with Gasteiger partial charge in [-0.05, 0) is 37.0 Å². The van der Waals surface area contributed by atoms with Crippen LogP contribution in [0.1, 0.15) is 31.1 Å². The van der Waals surface area contributed by atoms with E-state index in [2.05, 4.69) is 41.1 Å². The van der Waals surface area contributed by atoms with E-state index in [9.17, 15) is 5.11 Å². The Balaban J connectivity index is 2.11. The van der Waals surface area contributed by atoms with Crippen molar-refractivity contribution in [3.05, 3.63) is 53.7 Å². The Labute approximate surface area is 119 Å². The second-order valence-electron chi connectivity index (χ2n) is 5.64. The fourth-order valence-corrected chi connectivity index (χ4v) is 2.96. The normalized spacial score (nSPS) is 19.6. The lowest BCUT2D eigenvalue weighted by atomic mass is 9.93. The van der Waals surface area contributed by atoms with Gasteiger partial charge in [-0.2, -0.15) is 0 Å². The summed E-state index contributed by atoms with van der Waals surface area (Å²) >= 11 is 0. The molecule has 1 aromatic heterocycles. The average Bonchev–Trinajstić information content (AvgIpc) is 2.46. The fraction of sp³-hybridized carbons (Fsp3) is 0.353. The number of hydrogen-bond acceptors (Lipinski definition) is 3. The van der Waals surface area contributed by atoms with Gasteiger partial charge >= 0.3 is 0 Å². The molecule has 0 saturated heterocycles. The lowest BCUT2D eigenvalue weighted by Crippen LogP contribution is -2.31. The van der Waals surface area contributed by atoms with Crippen molar-refractivity contribution in [2.45, 2.75) is 26.4 Å². The summed E-state index contributed by atoms with van der Waals surface area (Å²) in [6.07, 6.45) is 2.38. The molecule has 2 unspecified atom stereocenters. The van der Waals surface area contributed by atoms with E-state index < -0.39 is 6.10 Å². The Morgan fingerprint density at radius 2 is 2.05 bits per heavy atom. The number of fused-ring (bicyclic) bond motifs is 1. The second kappa shape index (κ2) is 5.25. The topological polar surface area (TPSA) is 36.4 Å². The zero-order valence-electron chi connectivity index (χ0n) is 12.0. The predicted molar refractivity (Wildman–Crippen MR) is 81.2 cm³/mol. The van der Waals surface area contributed by atoms with E-state index in [-0.39, 0.29) is 0 Å². The molecule has 20 heavy (non-hydrogen) atoms. The highest BCUT2D eigenvalue weighted by Gasteiger charge is 2.25. The zero-order chi connectivity index (χ0) is 14.1. The van der Waals surface area contributed by atoms with Crippen molar-refractivity contribution < 1.29 is 5.11 Å². The van der Waals surface area contributed by atoms with Crippen LogP contribution in [0.4, 0.5) is 11.5 Å². The molecule has 0 amide bonds. The largest absolute Gasteiger partial charge is 0.389 e. The van der Waals surface area contributed by atoms with Crippen LogP contribution in [-0.4, -0.2) is 16.6 Å². The van der Waals surface area contributed by atoms with Crippen molar-refractivity contribution in [3.8, 4) is 0 Å². The highest BCUT2D eigenvalue weighted by molar-refractivity contribution is 5.67. The van der Waals surface area contributed by atoms with Gasteiger partial charge in [0, 0.05) is 24.0 Å². The van der Waals surface area contributed by atoms with E-state index in [4.69, 9.17) is 0 Å². The van der Waals surface area contributed by atoms with E-state index in [1.165, 1.54) is 11.3 Å². The first-order chi connectivity index (χ1) is 9.66. The molecule has 3 nitrogen and oxygen atoms in total. The smallest absolute Gasteiger partial charge is 0.138 e. The van der Waals surface area contributed by atoms with Gasteiger partial charge in [-0.25, -0.2) is 4.98 Å². The number of para-hydroxylation sites is 1. The first-order valence-corrected chi connectivity index (χ1v) is 7.15. The highest BCUT2D eigenvalue weighted by atomic mass is 16.3. The summed E-state index contributed by atoms with van der Waals surface area (Å²) in [6.45, 7) is 4.99. The summed E-state index contributed by atoms with van der Waals surface area (Å²) in [7, 11) is 0. The molecule has 0 spiro atoms. The number of benzene rings is 1. The molecule has 1 aromatic carbocycles. The minimum atomic E-state index is -0.511. The summed E-state index contributed by atoms with van der Waals surface area (Å²) < 4.78 is 0. The number of rotatable bonds is 2. The quantitative estimate of drug-likeness (QED) is 0.906. The maximum Gasteiger partial charge on any atom is 0.138 e. The van der Waals surface area contributed by atoms with Crippen molar-refractivity contribution >= 4 is 11.5 Å². The van der Waals surface area contributed by atoms with Gasteiger partial charge in [0.1, 0.15) is 5.82 Å². The van der Waals surface area contributed by atoms with E-state index in [0.717, 1.165) is 24.3 Å². The van der Waals surface area contributed by atoms with Crippen LogP contribution in [0.3, 0.4) is 0 Å². The Bertz CT molecular complexity index is 609. The third-order valence-electron chi connectivity index (χ3n) is 3.87. The maximum absolute atomic E-state index is 9.98. The molecule has 104 valence electrons. The van der Waals surface area contributed by atoms with Gasteiger partial charge < -0.3 is 10.0 Å². The Morgan fingerprint density at radius 1 is 1.25 bits per heavy atom. The van der Waals surface area contributed by atoms with Gasteiger partial charge in [-0.15, -0.1) is 0 Å². The van der Waals surface area contributed by atoms with Gasteiger partial charge in [0.15, 0.2) is 0 Å². The summed E-state index contributed by atoms with van der Waals surface area (Å²) in [4.78, 5) is 6.76. The molecule has 1 aliphatic heterocycles. The van der Waals surface area contributed by atoms with Crippen LogP contribution < -0.4 is 4.90 Å². The molecule has 1 N–H and O–H groups in total. The maximum atomic E-state index is 9.98. The molecule has 0 radical (unpaired) electrons. The molecular weight excluding hydrogens is 248 g/mol. The van der Waals surface area contributed by atoms with Crippen molar-refractivity contribution in [2.24, 2.45) is 5.92 Å². The SMILES string of the molecule is CC1Cc2ccccc2N(c2ncccc2C(C)O)C1. The minimum Gasteiger partial charge on any atom is -0.389 e. The molecule has 0 bridgehead atoms. The lowest BCUT2D eigenvalue weighted by molar-refractivity contribution is 0.199. The average molecular weight is 268 g/mol. The van der Waals surface area contributed by atoms with E-state index in [1.807, 2.05) is 12.1 Å². The number of hydrogen-bond donors (Lipinski definition) is 1. The van der Waals surface area contributed by atoms with E-state index >= 15 is 0 Å². The third kappa shape index (κ3) is 2.29. The molecule has 2 atom stereocenters. The van der Waals surface area contributed by atoms with Crippen LogP contribution in [0.5, 0.6) is 0 Å². The first kappa shape index (κ1) is 13.1. The lowest BCUT2D eigenvalue weighted by Gasteiger charge is -2.35. The molecule has 2 heterocycles. The number of aromatic nitrogens is 1. The zero-order valence-corrected chi connectivity index (χ0v) is 12.0. The predicted octanol–water partition coefficient (Wildman–Crippen LogP) is 3.47. The van der Waals surface area contributed by atoms with E-state index in [0.29, 0.717) is 5.92 Å². The molecule has 0 aliphatic carbocycles. The standard InChI is InChI=1S/C17H20N2O/c1-12-10-14-6-3-4-8-16(14)19(11-12)17-15(13(2)20)7-5-9-18-17/h3-9,12-13,20H,10-11H2,1-2H3. The van der Waals surface area contributed by atoms with Crippen molar-refractivity contribution in [3.63, 3.8) is 0 Å². The summed E-state index contributed by atoms with van der Waals surface area (Å²) in [5, 5.41) is 9.98. The van der Waals surface area contributed by atoms with Gasteiger partial charge in [-0.3, -0.25) is 0 Å². The summed E-state index contributed by atoms with van der Waals surface area (Å²) in [5.74, 6) is 1.45. The third-order valence-corrected chi connectivity index (χ3v) is 3.87. The molecule has 3 rings (SSSR count). The van der Waals surface area contributed by atoms with Gasteiger partial charge in [0.25, 0.3) is 0 Å². The molecule has 1 aliphatic rings. The van der Waals surface area contributed by atoms with Crippen LogP contribution in [0, 0.1) is 5.92 Å². The van der Waals surface area contributed by atoms with Crippen LogP contribution in [-0.2, 0) is 6.42 Å². The molecule has 2 aromatic rings. The number of pyridine rings is 1. The first-order valence-electron chi connectivity index (χ1n) is 7.15. The molecular formula is C17H20N2O. The Kier molecular flexibility index (Phi) is 3.45. The number of aliphatic hydroxyl groups excluding tert-OH is 1. The highest BCUT2D eigenvalue weighted by Crippen LogP contribution is 2.37. The van der Waals surface area contributed by atoms with Crippen LogP contribution in [0.2, 0.25) is 0 Å². The van der Waals surface area contributed by atoms with Crippen molar-refractivity contribution in [2.75, 3.05) is 11.4 Å². The molecule has 0 saturated carbocycles. The Hall–Kier alpha value is -1.87. The second-order valence-corrected chi connectivity index (χ2v) is 5.64. The van der Waals surface area contributed by atoms with Crippen LogP contribution in [0.15, 0.2) is 42.6 Å². The molecule has 3 heteroatoms. The van der Waals surface area contributed by atoms with Crippen molar-refractivity contribution in [1.29, 1.82) is 0 Å². The minimum absolute atomic E-state index is 0.511. The van der Waals surface area contributed by atoms with Crippen LogP contribution in [0.25, 0.3) is 0 Å². The number of aliphatic hydroxyl groups is 1. The molecule has 0 fully saturated rings. The Morgan fingerprint density at radius 3 is 2.85 bits per heavy atom. The fourth-order valence-electron chi connectivity index (χ4n) is 2.96. The number of nitrogens with zero attached hydrogens (tertiary/aromatic N) is 2. The van der Waals surface area contributed by atoms with Crippen LogP contribution >= 0.6 is 0 Å². The van der Waals surface area contributed by atoms with Gasteiger partial charge in [0.2, 0.25) is 0 Å². The van der Waals surface area contributed by atoms with Gasteiger partial charge in [-0.1, -0.05) is 31.2 Å². The van der Waals surface area contributed by atoms with E-state index in [1.54, 1.807) is 13.1 Å². The monoisotopic (exact) mass is 268 g/mol. The summed E-state index contributed by atoms with van der Waals surface area (Å²) in [6, 6.07) is 12.3. The summed E-state index contributed by atoms with van der Waals surface area (Å²) in [5.41, 5.74) is 3.45. The number of anilines is 2.